The van der Waals surface area contributed by atoms with Gasteiger partial charge in [0.25, 0.3) is 0 Å². The van der Waals surface area contributed by atoms with E-state index in [0.717, 1.165) is 16.6 Å². The zero-order valence-electron chi connectivity index (χ0n) is 10.6. The molecular formula is C15H15BrN2O. The molecule has 0 heterocycles. The molecule has 0 amide bonds. The number of halogens is 1. The maximum absolute atomic E-state index is 7.38. The number of hydrogen-bond acceptors (Lipinski definition) is 2. The van der Waals surface area contributed by atoms with Gasteiger partial charge < -0.3 is 10.5 Å². The van der Waals surface area contributed by atoms with Crippen LogP contribution in [0.5, 0.6) is 11.5 Å². The summed E-state index contributed by atoms with van der Waals surface area (Å²) in [6, 6.07) is 13.3. The van der Waals surface area contributed by atoms with E-state index in [4.69, 9.17) is 15.9 Å². The number of nitrogens with two attached hydrogens (primary N) is 1. The van der Waals surface area contributed by atoms with Crippen molar-refractivity contribution < 1.29 is 4.74 Å². The molecule has 4 heteroatoms. The predicted molar refractivity (Wildman–Crippen MR) is 81.1 cm³/mol. The molecule has 0 aliphatic heterocycles. The lowest BCUT2D eigenvalue weighted by Gasteiger charge is -2.09. The molecule has 0 aromatic heterocycles. The van der Waals surface area contributed by atoms with Gasteiger partial charge in [0, 0.05) is 5.56 Å². The molecule has 2 aromatic carbocycles. The summed E-state index contributed by atoms with van der Waals surface area (Å²) in [7, 11) is 0. The Morgan fingerprint density at radius 2 is 1.89 bits per heavy atom. The first-order valence-corrected chi connectivity index (χ1v) is 6.80. The number of nitrogens with one attached hydrogen (secondary N) is 1. The number of hydrogen-bond donors (Lipinski definition) is 2. The van der Waals surface area contributed by atoms with E-state index < -0.39 is 0 Å². The summed E-state index contributed by atoms with van der Waals surface area (Å²) in [6.45, 7) is 2.12. The van der Waals surface area contributed by atoms with Crippen molar-refractivity contribution in [3.05, 3.63) is 58.1 Å². The highest BCUT2D eigenvalue weighted by molar-refractivity contribution is 9.10. The molecule has 3 nitrogen and oxygen atoms in total. The number of aryl methyl sites for hydroxylation is 1. The van der Waals surface area contributed by atoms with Gasteiger partial charge >= 0.3 is 0 Å². The van der Waals surface area contributed by atoms with E-state index >= 15 is 0 Å². The largest absolute Gasteiger partial charge is 0.456 e. The van der Waals surface area contributed by atoms with Crippen molar-refractivity contribution in [2.45, 2.75) is 13.3 Å². The lowest BCUT2D eigenvalue weighted by atomic mass is 10.2. The summed E-state index contributed by atoms with van der Waals surface area (Å²) in [5.74, 6) is 1.53. The average Bonchev–Trinajstić information content (AvgIpc) is 2.41. The second-order valence-electron chi connectivity index (χ2n) is 4.16. The minimum atomic E-state index is 0.0412. The third-order valence-corrected chi connectivity index (χ3v) is 3.42. The Morgan fingerprint density at radius 3 is 2.42 bits per heavy atom. The first kappa shape index (κ1) is 13.6. The van der Waals surface area contributed by atoms with E-state index in [9.17, 15) is 0 Å². The van der Waals surface area contributed by atoms with Crippen molar-refractivity contribution in [2.75, 3.05) is 0 Å². The fourth-order valence-electron chi connectivity index (χ4n) is 1.67. The normalized spacial score (nSPS) is 10.2. The third kappa shape index (κ3) is 3.35. The number of ether oxygens (including phenoxy) is 1. The van der Waals surface area contributed by atoms with Crippen LogP contribution in [0.4, 0.5) is 0 Å². The van der Waals surface area contributed by atoms with Gasteiger partial charge in [-0.15, -0.1) is 0 Å². The van der Waals surface area contributed by atoms with Crippen molar-refractivity contribution in [1.29, 1.82) is 5.41 Å². The summed E-state index contributed by atoms with van der Waals surface area (Å²) in [5, 5.41) is 7.38. The monoisotopic (exact) mass is 318 g/mol. The quantitative estimate of drug-likeness (QED) is 0.659. The van der Waals surface area contributed by atoms with Gasteiger partial charge in [-0.25, -0.2) is 0 Å². The van der Waals surface area contributed by atoms with Crippen LogP contribution in [0, 0.1) is 5.41 Å². The molecule has 0 radical (unpaired) electrons. The summed E-state index contributed by atoms with van der Waals surface area (Å²) in [6.07, 6.45) is 1.01. The van der Waals surface area contributed by atoms with Crippen molar-refractivity contribution in [2.24, 2.45) is 5.73 Å². The Hall–Kier alpha value is -1.81. The first-order valence-electron chi connectivity index (χ1n) is 6.01. The molecule has 0 saturated heterocycles. The molecule has 2 aromatic rings. The van der Waals surface area contributed by atoms with Crippen LogP contribution in [-0.2, 0) is 6.42 Å². The van der Waals surface area contributed by atoms with Gasteiger partial charge in [-0.2, -0.15) is 0 Å². The van der Waals surface area contributed by atoms with Crippen molar-refractivity contribution in [3.8, 4) is 11.5 Å². The van der Waals surface area contributed by atoms with E-state index in [2.05, 4.69) is 22.9 Å². The Bertz CT molecular complexity index is 594. The SMILES string of the molecule is CCc1ccc(Oc2ccc(C(=N)N)cc2Br)cc1. The van der Waals surface area contributed by atoms with Crippen LogP contribution in [0.2, 0.25) is 0 Å². The highest BCUT2D eigenvalue weighted by Gasteiger charge is 2.05. The zero-order valence-corrected chi connectivity index (χ0v) is 12.2. The van der Waals surface area contributed by atoms with Crippen molar-refractivity contribution in [1.82, 2.24) is 0 Å². The molecule has 0 aliphatic rings. The van der Waals surface area contributed by atoms with E-state index in [-0.39, 0.29) is 5.84 Å². The highest BCUT2D eigenvalue weighted by atomic mass is 79.9. The average molecular weight is 319 g/mol. The summed E-state index contributed by atoms with van der Waals surface area (Å²) >= 11 is 3.42. The number of nitrogen functional groups attached to an aromatic ring is 1. The molecule has 0 aliphatic carbocycles. The lowest BCUT2D eigenvalue weighted by molar-refractivity contribution is 0.479. The van der Waals surface area contributed by atoms with E-state index in [0.29, 0.717) is 11.3 Å². The molecule has 0 unspecified atom stereocenters. The van der Waals surface area contributed by atoms with Crippen LogP contribution in [0.3, 0.4) is 0 Å². The van der Waals surface area contributed by atoms with E-state index in [1.807, 2.05) is 24.3 Å². The molecule has 0 bridgehead atoms. The third-order valence-electron chi connectivity index (χ3n) is 2.80. The highest BCUT2D eigenvalue weighted by Crippen LogP contribution is 2.30. The minimum Gasteiger partial charge on any atom is -0.456 e. The number of benzene rings is 2. The Balaban J connectivity index is 2.20. The molecule has 0 spiro atoms. The molecular weight excluding hydrogens is 304 g/mol. The van der Waals surface area contributed by atoms with Crippen LogP contribution >= 0.6 is 15.9 Å². The summed E-state index contributed by atoms with van der Waals surface area (Å²) < 4.78 is 6.56. The molecule has 2 rings (SSSR count). The smallest absolute Gasteiger partial charge is 0.141 e. The van der Waals surface area contributed by atoms with Gasteiger partial charge in [0.1, 0.15) is 17.3 Å². The number of amidine groups is 1. The summed E-state index contributed by atoms with van der Waals surface area (Å²) in [5.41, 5.74) is 7.38. The van der Waals surface area contributed by atoms with Crippen LogP contribution in [0.15, 0.2) is 46.9 Å². The predicted octanol–water partition coefficient (Wildman–Crippen LogP) is 4.09. The van der Waals surface area contributed by atoms with E-state index in [1.165, 1.54) is 5.56 Å². The van der Waals surface area contributed by atoms with Crippen LogP contribution in [0.25, 0.3) is 0 Å². The second kappa shape index (κ2) is 5.89. The fourth-order valence-corrected chi connectivity index (χ4v) is 2.13. The minimum absolute atomic E-state index is 0.0412. The van der Waals surface area contributed by atoms with Gasteiger partial charge in [-0.05, 0) is 58.2 Å². The molecule has 0 atom stereocenters. The zero-order chi connectivity index (χ0) is 13.8. The Morgan fingerprint density at radius 1 is 1.21 bits per heavy atom. The van der Waals surface area contributed by atoms with Crippen LogP contribution in [-0.4, -0.2) is 5.84 Å². The van der Waals surface area contributed by atoms with Gasteiger partial charge in [0.15, 0.2) is 0 Å². The van der Waals surface area contributed by atoms with E-state index in [1.54, 1.807) is 18.2 Å². The molecule has 0 fully saturated rings. The Labute approximate surface area is 121 Å². The lowest BCUT2D eigenvalue weighted by Crippen LogP contribution is -2.10. The van der Waals surface area contributed by atoms with Gasteiger partial charge in [0.05, 0.1) is 4.47 Å². The van der Waals surface area contributed by atoms with Crippen molar-refractivity contribution in [3.63, 3.8) is 0 Å². The summed E-state index contributed by atoms with van der Waals surface area (Å²) in [4.78, 5) is 0. The standard InChI is InChI=1S/C15H15BrN2O/c1-2-10-3-6-12(7-4-10)19-14-8-5-11(15(17)18)9-13(14)16/h3-9H,2H2,1H3,(H3,17,18). The maximum atomic E-state index is 7.38. The maximum Gasteiger partial charge on any atom is 0.141 e. The topological polar surface area (TPSA) is 59.1 Å². The van der Waals surface area contributed by atoms with Crippen LogP contribution in [0.1, 0.15) is 18.1 Å². The molecule has 19 heavy (non-hydrogen) atoms. The first-order chi connectivity index (χ1) is 9.10. The second-order valence-corrected chi connectivity index (χ2v) is 5.01. The fraction of sp³-hybridized carbons (Fsp3) is 0.133. The van der Waals surface area contributed by atoms with Crippen LogP contribution < -0.4 is 10.5 Å². The number of rotatable bonds is 4. The molecule has 98 valence electrons. The van der Waals surface area contributed by atoms with Gasteiger partial charge in [0.2, 0.25) is 0 Å². The van der Waals surface area contributed by atoms with Gasteiger partial charge in [-0.1, -0.05) is 19.1 Å². The molecule has 3 N–H and O–H groups in total. The van der Waals surface area contributed by atoms with Gasteiger partial charge in [-0.3, -0.25) is 5.41 Å². The Kier molecular flexibility index (Phi) is 4.22. The molecule has 0 saturated carbocycles. The van der Waals surface area contributed by atoms with Crippen molar-refractivity contribution >= 4 is 21.8 Å².